The number of hydrogen-bond donors (Lipinski definition) is 0. The molecular formula is C7H6IN3. The number of imidazole rings is 1. The van der Waals surface area contributed by atoms with Crippen LogP contribution in [0.5, 0.6) is 0 Å². The van der Waals surface area contributed by atoms with E-state index in [0.717, 1.165) is 15.2 Å². The first-order valence-electron chi connectivity index (χ1n) is 3.24. The predicted octanol–water partition coefficient (Wildman–Crippen LogP) is 1.64. The highest BCUT2D eigenvalue weighted by Crippen LogP contribution is 2.11. The van der Waals surface area contributed by atoms with E-state index in [0.29, 0.717) is 0 Å². The van der Waals surface area contributed by atoms with Gasteiger partial charge in [-0.25, -0.2) is 9.97 Å². The van der Waals surface area contributed by atoms with Crippen molar-refractivity contribution in [1.82, 2.24) is 14.4 Å². The van der Waals surface area contributed by atoms with Crippen molar-refractivity contribution in [2.75, 3.05) is 0 Å². The summed E-state index contributed by atoms with van der Waals surface area (Å²) in [6, 6.07) is 1.90. The second-order valence-corrected chi connectivity index (χ2v) is 3.30. The van der Waals surface area contributed by atoms with E-state index in [1.54, 1.807) is 6.20 Å². The number of aromatic nitrogens is 3. The molecule has 0 radical (unpaired) electrons. The third-order valence-electron chi connectivity index (χ3n) is 1.50. The van der Waals surface area contributed by atoms with E-state index in [1.807, 2.05) is 23.6 Å². The Morgan fingerprint density at radius 1 is 1.55 bits per heavy atom. The van der Waals surface area contributed by atoms with Crippen molar-refractivity contribution in [2.24, 2.45) is 0 Å². The lowest BCUT2D eigenvalue weighted by Gasteiger charge is -1.90. The summed E-state index contributed by atoms with van der Waals surface area (Å²) in [6.45, 7) is 1.98. The number of aryl methyl sites for hydroxylation is 1. The molecule has 0 saturated heterocycles. The van der Waals surface area contributed by atoms with Gasteiger partial charge in [0.2, 0.25) is 5.78 Å². The van der Waals surface area contributed by atoms with Gasteiger partial charge in [0.1, 0.15) is 3.70 Å². The second-order valence-electron chi connectivity index (χ2n) is 2.28. The van der Waals surface area contributed by atoms with Crippen LogP contribution >= 0.6 is 22.6 Å². The molecule has 0 fully saturated rings. The van der Waals surface area contributed by atoms with E-state index < -0.39 is 0 Å². The third kappa shape index (κ3) is 1.01. The first-order chi connectivity index (χ1) is 5.29. The van der Waals surface area contributed by atoms with Crippen molar-refractivity contribution in [3.8, 4) is 0 Å². The average molecular weight is 259 g/mol. The van der Waals surface area contributed by atoms with Crippen molar-refractivity contribution in [2.45, 2.75) is 6.92 Å². The van der Waals surface area contributed by atoms with Gasteiger partial charge in [-0.05, 0) is 35.6 Å². The Morgan fingerprint density at radius 3 is 3.09 bits per heavy atom. The van der Waals surface area contributed by atoms with Crippen LogP contribution in [0.25, 0.3) is 5.78 Å². The maximum absolute atomic E-state index is 4.26. The molecule has 11 heavy (non-hydrogen) atoms. The third-order valence-corrected chi connectivity index (χ3v) is 2.80. The molecule has 2 rings (SSSR count). The Kier molecular flexibility index (Phi) is 1.56. The summed E-state index contributed by atoms with van der Waals surface area (Å²) in [5, 5.41) is 0. The number of nitrogens with zero attached hydrogens (tertiary/aromatic N) is 3. The van der Waals surface area contributed by atoms with Gasteiger partial charge < -0.3 is 0 Å². The zero-order valence-electron chi connectivity index (χ0n) is 5.95. The minimum Gasteiger partial charge on any atom is -0.278 e. The maximum Gasteiger partial charge on any atom is 0.234 e. The normalized spacial score (nSPS) is 10.7. The summed E-state index contributed by atoms with van der Waals surface area (Å²) in [6.07, 6.45) is 3.71. The fourth-order valence-corrected chi connectivity index (χ4v) is 1.47. The van der Waals surface area contributed by atoms with Gasteiger partial charge in [-0.3, -0.25) is 4.40 Å². The van der Waals surface area contributed by atoms with Crippen LogP contribution in [-0.4, -0.2) is 14.4 Å². The van der Waals surface area contributed by atoms with E-state index >= 15 is 0 Å². The smallest absolute Gasteiger partial charge is 0.234 e. The van der Waals surface area contributed by atoms with Crippen LogP contribution < -0.4 is 0 Å². The summed E-state index contributed by atoms with van der Waals surface area (Å²) < 4.78 is 3.10. The Labute approximate surface area is 77.6 Å². The van der Waals surface area contributed by atoms with Crippen molar-refractivity contribution < 1.29 is 0 Å². The van der Waals surface area contributed by atoms with Crippen LogP contribution in [0.3, 0.4) is 0 Å². The highest BCUT2D eigenvalue weighted by Gasteiger charge is 2.03. The molecule has 2 aromatic heterocycles. The average Bonchev–Trinajstić information content (AvgIpc) is 2.30. The van der Waals surface area contributed by atoms with Gasteiger partial charge in [0.15, 0.2) is 0 Å². The van der Waals surface area contributed by atoms with Crippen LogP contribution in [0.2, 0.25) is 0 Å². The largest absolute Gasteiger partial charge is 0.278 e. The van der Waals surface area contributed by atoms with Gasteiger partial charge in [-0.15, -0.1) is 0 Å². The standard InChI is InChI=1S/C7H6IN3/c1-5-6(8)11-4-2-3-9-7(11)10-5/h2-4H,1H3. The minimum absolute atomic E-state index is 0.773. The topological polar surface area (TPSA) is 30.2 Å². The molecule has 2 aromatic rings. The van der Waals surface area contributed by atoms with Gasteiger partial charge >= 0.3 is 0 Å². The highest BCUT2D eigenvalue weighted by molar-refractivity contribution is 14.1. The molecule has 0 aliphatic rings. The fourth-order valence-electron chi connectivity index (χ4n) is 0.970. The summed E-state index contributed by atoms with van der Waals surface area (Å²) in [5.41, 5.74) is 1.03. The number of fused-ring (bicyclic) bond motifs is 1. The summed E-state index contributed by atoms with van der Waals surface area (Å²) >= 11 is 2.26. The van der Waals surface area contributed by atoms with Crippen molar-refractivity contribution >= 4 is 28.4 Å². The molecule has 0 aliphatic carbocycles. The molecule has 2 heterocycles. The van der Waals surface area contributed by atoms with Gasteiger partial charge in [0.25, 0.3) is 0 Å². The van der Waals surface area contributed by atoms with Crippen molar-refractivity contribution in [3.63, 3.8) is 0 Å². The van der Waals surface area contributed by atoms with Crippen molar-refractivity contribution in [1.29, 1.82) is 0 Å². The SMILES string of the molecule is Cc1nc2ncccn2c1I. The van der Waals surface area contributed by atoms with Crippen LogP contribution in [0, 0.1) is 10.6 Å². The molecule has 0 bridgehead atoms. The van der Waals surface area contributed by atoms with Crippen LogP contribution in [-0.2, 0) is 0 Å². The summed E-state index contributed by atoms with van der Waals surface area (Å²) in [4.78, 5) is 8.37. The van der Waals surface area contributed by atoms with Gasteiger partial charge in [-0.1, -0.05) is 0 Å². The second kappa shape index (κ2) is 2.44. The van der Waals surface area contributed by atoms with Gasteiger partial charge in [-0.2, -0.15) is 0 Å². The Balaban J connectivity index is 2.92. The lowest BCUT2D eigenvalue weighted by Crippen LogP contribution is -1.87. The van der Waals surface area contributed by atoms with E-state index in [4.69, 9.17) is 0 Å². The lowest BCUT2D eigenvalue weighted by atomic mass is 10.6. The number of hydrogen-bond acceptors (Lipinski definition) is 2. The van der Waals surface area contributed by atoms with E-state index in [-0.39, 0.29) is 0 Å². The van der Waals surface area contributed by atoms with Crippen molar-refractivity contribution in [3.05, 3.63) is 27.9 Å². The predicted molar refractivity (Wildman–Crippen MR) is 50.4 cm³/mol. The molecular weight excluding hydrogens is 253 g/mol. The Hall–Kier alpha value is -0.650. The molecule has 0 unspecified atom stereocenters. The minimum atomic E-state index is 0.773. The lowest BCUT2D eigenvalue weighted by molar-refractivity contribution is 1.08. The zero-order valence-corrected chi connectivity index (χ0v) is 8.11. The molecule has 0 aliphatic heterocycles. The first-order valence-corrected chi connectivity index (χ1v) is 4.32. The van der Waals surface area contributed by atoms with Gasteiger partial charge in [0.05, 0.1) is 5.69 Å². The Morgan fingerprint density at radius 2 is 2.36 bits per heavy atom. The molecule has 56 valence electrons. The molecule has 0 spiro atoms. The zero-order chi connectivity index (χ0) is 7.84. The van der Waals surface area contributed by atoms with Crippen LogP contribution in [0.4, 0.5) is 0 Å². The number of halogens is 1. The molecule has 0 saturated carbocycles. The number of rotatable bonds is 0. The summed E-state index contributed by atoms with van der Waals surface area (Å²) in [5.74, 6) is 0.773. The molecule has 0 amide bonds. The van der Waals surface area contributed by atoms with Crippen LogP contribution in [0.1, 0.15) is 5.69 Å². The highest BCUT2D eigenvalue weighted by atomic mass is 127. The van der Waals surface area contributed by atoms with Gasteiger partial charge in [0, 0.05) is 12.4 Å². The molecule has 3 nitrogen and oxygen atoms in total. The maximum atomic E-state index is 4.26. The van der Waals surface area contributed by atoms with E-state index in [9.17, 15) is 0 Å². The quantitative estimate of drug-likeness (QED) is 0.673. The molecule has 0 atom stereocenters. The first kappa shape index (κ1) is 7.02. The summed E-state index contributed by atoms with van der Waals surface area (Å²) in [7, 11) is 0. The monoisotopic (exact) mass is 259 g/mol. The molecule has 4 heteroatoms. The molecule has 0 aromatic carbocycles. The van der Waals surface area contributed by atoms with E-state index in [1.165, 1.54) is 0 Å². The fraction of sp³-hybridized carbons (Fsp3) is 0.143. The molecule has 0 N–H and O–H groups in total. The van der Waals surface area contributed by atoms with E-state index in [2.05, 4.69) is 32.6 Å². The Bertz CT molecular complexity index is 393. The van der Waals surface area contributed by atoms with Crippen LogP contribution in [0.15, 0.2) is 18.5 Å².